The molecular weight excluding hydrogens is 292 g/mol. The molecule has 1 heterocycles. The van der Waals surface area contributed by atoms with E-state index in [1.807, 2.05) is 19.9 Å². The minimum absolute atomic E-state index is 0.131. The fourth-order valence-corrected chi connectivity index (χ4v) is 3.09. The summed E-state index contributed by atoms with van der Waals surface area (Å²) < 4.78 is 23.7. The molecule has 0 unspecified atom stereocenters. The van der Waals surface area contributed by atoms with Gasteiger partial charge in [-0.3, -0.25) is 4.79 Å². The summed E-state index contributed by atoms with van der Waals surface area (Å²) in [4.78, 5) is 14.1. The van der Waals surface area contributed by atoms with Gasteiger partial charge in [0.1, 0.15) is 0 Å². The second kappa shape index (κ2) is 5.63. The zero-order valence-corrected chi connectivity index (χ0v) is 13.0. The van der Waals surface area contributed by atoms with E-state index < -0.39 is 10.2 Å². The fourth-order valence-electron chi connectivity index (χ4n) is 2.42. The molecule has 0 saturated carbocycles. The standard InChI is InChI=1S/C13H20N4O3S/c1-9-7-10(2)12(14)8-11(9)13(18)16-3-5-17(6-4-16)21(15,19)20/h7-8H,3-6,14H2,1-2H3,(H2,15,19,20). The largest absolute Gasteiger partial charge is 0.398 e. The summed E-state index contributed by atoms with van der Waals surface area (Å²) in [5.41, 5.74) is 8.79. The molecule has 7 nitrogen and oxygen atoms in total. The molecule has 0 radical (unpaired) electrons. The number of carbonyl (C=O) groups excluding carboxylic acids is 1. The molecule has 0 aliphatic carbocycles. The van der Waals surface area contributed by atoms with E-state index in [9.17, 15) is 13.2 Å². The lowest BCUT2D eigenvalue weighted by atomic mass is 10.0. The number of piperazine rings is 1. The van der Waals surface area contributed by atoms with Crippen molar-refractivity contribution in [2.45, 2.75) is 13.8 Å². The lowest BCUT2D eigenvalue weighted by Gasteiger charge is -2.33. The minimum atomic E-state index is -3.68. The number of rotatable bonds is 2. The predicted molar refractivity (Wildman–Crippen MR) is 80.9 cm³/mol. The van der Waals surface area contributed by atoms with E-state index in [-0.39, 0.29) is 19.0 Å². The third-order valence-corrected chi connectivity index (χ3v) is 4.81. The zero-order chi connectivity index (χ0) is 15.8. The molecule has 4 N–H and O–H groups in total. The van der Waals surface area contributed by atoms with Gasteiger partial charge in [-0.2, -0.15) is 12.7 Å². The van der Waals surface area contributed by atoms with Crippen LogP contribution in [0.25, 0.3) is 0 Å². The molecule has 0 aromatic heterocycles. The average Bonchev–Trinajstić information content (AvgIpc) is 2.41. The number of amides is 1. The van der Waals surface area contributed by atoms with Crippen LogP contribution in [0.15, 0.2) is 12.1 Å². The van der Waals surface area contributed by atoms with E-state index in [1.54, 1.807) is 11.0 Å². The molecular formula is C13H20N4O3S. The van der Waals surface area contributed by atoms with Gasteiger partial charge in [0.05, 0.1) is 0 Å². The summed E-state index contributed by atoms with van der Waals surface area (Å²) >= 11 is 0. The summed E-state index contributed by atoms with van der Waals surface area (Å²) in [6.07, 6.45) is 0. The van der Waals surface area contributed by atoms with Gasteiger partial charge in [-0.1, -0.05) is 6.07 Å². The van der Waals surface area contributed by atoms with Crippen LogP contribution in [0.1, 0.15) is 21.5 Å². The molecule has 21 heavy (non-hydrogen) atoms. The normalized spacial score (nSPS) is 17.0. The topological polar surface area (TPSA) is 110 Å². The quantitative estimate of drug-likeness (QED) is 0.740. The van der Waals surface area contributed by atoms with Crippen molar-refractivity contribution in [1.29, 1.82) is 0 Å². The Kier molecular flexibility index (Phi) is 4.22. The number of aryl methyl sites for hydroxylation is 2. The highest BCUT2D eigenvalue weighted by Crippen LogP contribution is 2.20. The molecule has 0 atom stereocenters. The van der Waals surface area contributed by atoms with Crippen LogP contribution in [0.2, 0.25) is 0 Å². The van der Waals surface area contributed by atoms with Crippen molar-refractivity contribution in [2.24, 2.45) is 5.14 Å². The first kappa shape index (κ1) is 15.7. The van der Waals surface area contributed by atoms with Crippen LogP contribution in [-0.2, 0) is 10.2 Å². The summed E-state index contributed by atoms with van der Waals surface area (Å²) in [5, 5.41) is 5.08. The minimum Gasteiger partial charge on any atom is -0.398 e. The van der Waals surface area contributed by atoms with E-state index in [4.69, 9.17) is 10.9 Å². The fraction of sp³-hybridized carbons (Fsp3) is 0.462. The third kappa shape index (κ3) is 3.34. The summed E-state index contributed by atoms with van der Waals surface area (Å²) in [6.45, 7) is 4.82. The van der Waals surface area contributed by atoms with Gasteiger partial charge in [0.15, 0.2) is 0 Å². The Balaban J connectivity index is 2.14. The highest BCUT2D eigenvalue weighted by atomic mass is 32.2. The summed E-state index contributed by atoms with van der Waals surface area (Å²) in [6, 6.07) is 3.56. The molecule has 1 aliphatic heterocycles. The number of nitrogens with two attached hydrogens (primary N) is 2. The van der Waals surface area contributed by atoms with Gasteiger partial charge in [-0.25, -0.2) is 5.14 Å². The van der Waals surface area contributed by atoms with E-state index in [0.717, 1.165) is 11.1 Å². The van der Waals surface area contributed by atoms with Gasteiger partial charge in [0.25, 0.3) is 16.1 Å². The Hall–Kier alpha value is -1.64. The number of nitrogen functional groups attached to an aromatic ring is 1. The third-order valence-electron chi connectivity index (χ3n) is 3.73. The van der Waals surface area contributed by atoms with Crippen LogP contribution >= 0.6 is 0 Å². The van der Waals surface area contributed by atoms with Crippen molar-refractivity contribution in [3.8, 4) is 0 Å². The lowest BCUT2D eigenvalue weighted by Crippen LogP contribution is -2.52. The predicted octanol–water partition coefficient (Wildman–Crippen LogP) is -0.153. The molecule has 0 bridgehead atoms. The van der Waals surface area contributed by atoms with Crippen LogP contribution in [0.4, 0.5) is 5.69 Å². The van der Waals surface area contributed by atoms with Crippen molar-refractivity contribution in [3.63, 3.8) is 0 Å². The van der Waals surface area contributed by atoms with Gasteiger partial charge in [-0.05, 0) is 31.0 Å². The Bertz CT molecular complexity index is 664. The van der Waals surface area contributed by atoms with Crippen LogP contribution < -0.4 is 10.9 Å². The van der Waals surface area contributed by atoms with E-state index in [2.05, 4.69) is 0 Å². The number of benzene rings is 1. The zero-order valence-electron chi connectivity index (χ0n) is 12.2. The van der Waals surface area contributed by atoms with Gasteiger partial charge in [0, 0.05) is 37.4 Å². The van der Waals surface area contributed by atoms with Crippen molar-refractivity contribution >= 4 is 21.8 Å². The number of nitrogens with zero attached hydrogens (tertiary/aromatic N) is 2. The summed E-state index contributed by atoms with van der Waals surface area (Å²) in [7, 11) is -3.68. The highest BCUT2D eigenvalue weighted by molar-refractivity contribution is 7.86. The van der Waals surface area contributed by atoms with Gasteiger partial charge in [0.2, 0.25) is 0 Å². The van der Waals surface area contributed by atoms with Gasteiger partial charge in [-0.15, -0.1) is 0 Å². The lowest BCUT2D eigenvalue weighted by molar-refractivity contribution is 0.0697. The Labute approximate surface area is 124 Å². The van der Waals surface area contributed by atoms with Crippen LogP contribution in [0.5, 0.6) is 0 Å². The number of hydrogen-bond donors (Lipinski definition) is 2. The average molecular weight is 312 g/mol. The van der Waals surface area contributed by atoms with Crippen molar-refractivity contribution in [3.05, 3.63) is 28.8 Å². The van der Waals surface area contributed by atoms with Gasteiger partial charge < -0.3 is 10.6 Å². The molecule has 116 valence electrons. The van der Waals surface area contributed by atoms with Crippen LogP contribution in [-0.4, -0.2) is 49.7 Å². The Morgan fingerprint density at radius 2 is 1.67 bits per heavy atom. The number of anilines is 1. The second-order valence-corrected chi connectivity index (χ2v) is 6.81. The van der Waals surface area contributed by atoms with E-state index in [0.29, 0.717) is 24.3 Å². The first-order valence-electron chi connectivity index (χ1n) is 6.64. The molecule has 8 heteroatoms. The molecule has 1 aliphatic rings. The number of carbonyl (C=O) groups is 1. The van der Waals surface area contributed by atoms with E-state index in [1.165, 1.54) is 4.31 Å². The Morgan fingerprint density at radius 1 is 1.10 bits per heavy atom. The smallest absolute Gasteiger partial charge is 0.277 e. The maximum Gasteiger partial charge on any atom is 0.277 e. The van der Waals surface area contributed by atoms with Crippen LogP contribution in [0, 0.1) is 13.8 Å². The molecule has 2 rings (SSSR count). The molecule has 0 spiro atoms. The molecule has 1 fully saturated rings. The van der Waals surface area contributed by atoms with Crippen LogP contribution in [0.3, 0.4) is 0 Å². The summed E-state index contributed by atoms with van der Waals surface area (Å²) in [5.74, 6) is -0.131. The van der Waals surface area contributed by atoms with Crippen molar-refractivity contribution < 1.29 is 13.2 Å². The molecule has 1 aromatic carbocycles. The maximum atomic E-state index is 12.5. The number of hydrogen-bond acceptors (Lipinski definition) is 4. The van der Waals surface area contributed by atoms with E-state index >= 15 is 0 Å². The molecule has 1 aromatic rings. The van der Waals surface area contributed by atoms with Gasteiger partial charge >= 0.3 is 0 Å². The first-order chi connectivity index (χ1) is 9.70. The Morgan fingerprint density at radius 3 is 2.19 bits per heavy atom. The molecule has 1 saturated heterocycles. The second-order valence-electron chi connectivity index (χ2n) is 5.26. The SMILES string of the molecule is Cc1cc(C)c(C(=O)N2CCN(S(N)(=O)=O)CC2)cc1N. The maximum absolute atomic E-state index is 12.5. The molecule has 1 amide bonds. The first-order valence-corrected chi connectivity index (χ1v) is 8.14. The van der Waals surface area contributed by atoms with Crippen molar-refractivity contribution in [2.75, 3.05) is 31.9 Å². The van der Waals surface area contributed by atoms with Crippen molar-refractivity contribution in [1.82, 2.24) is 9.21 Å². The highest BCUT2D eigenvalue weighted by Gasteiger charge is 2.27. The monoisotopic (exact) mass is 312 g/mol.